The average molecular weight is 397 g/mol. The Kier molecular flexibility index (Phi) is 5.21. The molecular weight excluding hydrogens is 382 g/mol. The number of aliphatic carboxylic acids is 1. The number of ether oxygens (including phenoxy) is 1. The van der Waals surface area contributed by atoms with Gasteiger partial charge in [-0.1, -0.05) is 0 Å². The number of carbonyl (C=O) groups is 5. The fourth-order valence-electron chi connectivity index (χ4n) is 2.93. The molecule has 1 saturated heterocycles. The highest BCUT2D eigenvalue weighted by atomic mass is 32.1. The second-order valence-corrected chi connectivity index (χ2v) is 7.02. The highest BCUT2D eigenvalue weighted by Crippen LogP contribution is 2.38. The summed E-state index contributed by atoms with van der Waals surface area (Å²) in [5.74, 6) is -5.17. The minimum absolute atomic E-state index is 0.00941. The third-order valence-corrected chi connectivity index (χ3v) is 5.27. The van der Waals surface area contributed by atoms with E-state index in [2.05, 4.69) is 10.6 Å². The third-order valence-electron chi connectivity index (χ3n) is 4.15. The number of thiophene rings is 1. The van der Waals surface area contributed by atoms with E-state index in [-0.39, 0.29) is 55.0 Å². The van der Waals surface area contributed by atoms with Gasteiger partial charge in [0.25, 0.3) is 0 Å². The normalized spacial score (nSPS) is 19.6. The first-order valence-electron chi connectivity index (χ1n) is 7.85. The van der Waals surface area contributed by atoms with E-state index in [0.29, 0.717) is 10.4 Å². The standard InChI is InChI=1S/C15H15N3O8S/c19-9-2-16-3-10(20)18(9)4-6-1-7-8(5-26-6)27-13(11(7)14(22)23)17-12(21)15(24)25/h6,16H,1-5H2,(H,17,21)(H,22,23)(H,24,25). The van der Waals surface area contributed by atoms with Crippen LogP contribution in [-0.4, -0.2) is 70.5 Å². The average Bonchev–Trinajstić information content (AvgIpc) is 2.95. The van der Waals surface area contributed by atoms with E-state index in [4.69, 9.17) is 9.84 Å². The van der Waals surface area contributed by atoms with Crippen LogP contribution in [0.1, 0.15) is 20.8 Å². The Morgan fingerprint density at radius 2 is 1.89 bits per heavy atom. The van der Waals surface area contributed by atoms with Crippen LogP contribution in [0, 0.1) is 0 Å². The highest BCUT2D eigenvalue weighted by molar-refractivity contribution is 7.17. The van der Waals surface area contributed by atoms with Crippen molar-refractivity contribution in [2.75, 3.05) is 25.0 Å². The number of nitrogens with one attached hydrogen (secondary N) is 2. The summed E-state index contributed by atoms with van der Waals surface area (Å²) < 4.78 is 5.63. The summed E-state index contributed by atoms with van der Waals surface area (Å²) in [7, 11) is 0. The monoisotopic (exact) mass is 397 g/mol. The first-order chi connectivity index (χ1) is 12.8. The largest absolute Gasteiger partial charge is 0.478 e. The smallest absolute Gasteiger partial charge is 0.394 e. The van der Waals surface area contributed by atoms with Gasteiger partial charge in [0.05, 0.1) is 37.9 Å². The van der Waals surface area contributed by atoms with E-state index in [1.54, 1.807) is 0 Å². The highest BCUT2D eigenvalue weighted by Gasteiger charge is 2.34. The zero-order valence-electron chi connectivity index (χ0n) is 13.8. The van der Waals surface area contributed by atoms with E-state index in [1.807, 2.05) is 0 Å². The molecule has 144 valence electrons. The molecule has 1 fully saturated rings. The van der Waals surface area contributed by atoms with E-state index in [0.717, 1.165) is 16.2 Å². The topological polar surface area (TPSA) is 162 Å². The lowest BCUT2D eigenvalue weighted by atomic mass is 10.0. The number of carboxylic acid groups (broad SMARTS) is 2. The molecule has 3 amide bonds. The Bertz CT molecular complexity index is 832. The Morgan fingerprint density at radius 3 is 2.48 bits per heavy atom. The second kappa shape index (κ2) is 7.42. The van der Waals surface area contributed by atoms with Crippen molar-refractivity contribution in [1.29, 1.82) is 0 Å². The van der Waals surface area contributed by atoms with Gasteiger partial charge in [-0.2, -0.15) is 0 Å². The van der Waals surface area contributed by atoms with Gasteiger partial charge in [-0.05, 0) is 5.56 Å². The van der Waals surface area contributed by atoms with Crippen LogP contribution >= 0.6 is 11.3 Å². The summed E-state index contributed by atoms with van der Waals surface area (Å²) in [5, 5.41) is 22.9. The number of anilines is 1. The van der Waals surface area contributed by atoms with Crippen molar-refractivity contribution < 1.29 is 38.9 Å². The van der Waals surface area contributed by atoms with Crippen molar-refractivity contribution in [2.45, 2.75) is 19.1 Å². The number of amides is 3. The lowest BCUT2D eigenvalue weighted by Gasteiger charge is -2.31. The maximum absolute atomic E-state index is 11.9. The molecule has 1 aromatic rings. The maximum Gasteiger partial charge on any atom is 0.394 e. The molecule has 0 bridgehead atoms. The molecule has 3 heterocycles. The first kappa shape index (κ1) is 18.9. The van der Waals surface area contributed by atoms with E-state index in [9.17, 15) is 29.1 Å². The SMILES string of the molecule is O=C(O)C(=O)Nc1sc2c(c1C(=O)O)CC(CN1C(=O)CNCC1=O)OC2. The molecule has 1 unspecified atom stereocenters. The zero-order valence-corrected chi connectivity index (χ0v) is 14.6. The van der Waals surface area contributed by atoms with Crippen LogP contribution in [0.25, 0.3) is 0 Å². The van der Waals surface area contributed by atoms with Crippen LogP contribution in [0.15, 0.2) is 0 Å². The predicted octanol–water partition coefficient (Wildman–Crippen LogP) is -1.13. The number of imide groups is 1. The molecule has 2 aliphatic rings. The second-order valence-electron chi connectivity index (χ2n) is 5.91. The van der Waals surface area contributed by atoms with Gasteiger partial charge in [-0.3, -0.25) is 24.6 Å². The fourth-order valence-corrected chi connectivity index (χ4v) is 4.06. The molecule has 4 N–H and O–H groups in total. The molecule has 12 heteroatoms. The van der Waals surface area contributed by atoms with E-state index < -0.39 is 23.9 Å². The van der Waals surface area contributed by atoms with Gasteiger partial charge in [-0.15, -0.1) is 11.3 Å². The van der Waals surface area contributed by atoms with Crippen LogP contribution in [0.5, 0.6) is 0 Å². The van der Waals surface area contributed by atoms with Crippen LogP contribution < -0.4 is 10.6 Å². The number of piperazine rings is 1. The summed E-state index contributed by atoms with van der Waals surface area (Å²) in [4.78, 5) is 59.1. The molecule has 0 aromatic carbocycles. The number of fused-ring (bicyclic) bond motifs is 1. The van der Waals surface area contributed by atoms with Crippen molar-refractivity contribution in [2.24, 2.45) is 0 Å². The minimum Gasteiger partial charge on any atom is -0.478 e. The van der Waals surface area contributed by atoms with Gasteiger partial charge in [-0.25, -0.2) is 9.59 Å². The molecule has 1 atom stereocenters. The quantitative estimate of drug-likeness (QED) is 0.364. The Hall–Kier alpha value is -2.83. The lowest BCUT2D eigenvalue weighted by molar-refractivity contribution is -0.149. The molecule has 2 aliphatic heterocycles. The number of hydrogen-bond acceptors (Lipinski definition) is 8. The van der Waals surface area contributed by atoms with Crippen LogP contribution in [0.4, 0.5) is 5.00 Å². The van der Waals surface area contributed by atoms with Gasteiger partial charge in [0.1, 0.15) is 5.00 Å². The Morgan fingerprint density at radius 1 is 1.22 bits per heavy atom. The van der Waals surface area contributed by atoms with Crippen molar-refractivity contribution in [1.82, 2.24) is 10.2 Å². The molecule has 27 heavy (non-hydrogen) atoms. The number of aromatic carboxylic acids is 1. The van der Waals surface area contributed by atoms with Crippen molar-refractivity contribution in [3.8, 4) is 0 Å². The van der Waals surface area contributed by atoms with Crippen LogP contribution in [-0.2, 0) is 36.9 Å². The molecule has 11 nitrogen and oxygen atoms in total. The molecule has 1 aromatic heterocycles. The Balaban J connectivity index is 1.82. The Labute approximate surface area is 155 Å². The van der Waals surface area contributed by atoms with Gasteiger partial charge >= 0.3 is 17.8 Å². The predicted molar refractivity (Wildman–Crippen MR) is 89.4 cm³/mol. The van der Waals surface area contributed by atoms with Crippen LogP contribution in [0.3, 0.4) is 0 Å². The lowest BCUT2D eigenvalue weighted by Crippen LogP contribution is -2.54. The van der Waals surface area contributed by atoms with Gasteiger partial charge in [0, 0.05) is 11.3 Å². The molecule has 3 rings (SSSR count). The minimum atomic E-state index is -1.73. The fraction of sp³-hybridized carbons (Fsp3) is 0.400. The number of carbonyl (C=O) groups excluding carboxylic acids is 3. The molecule has 0 saturated carbocycles. The van der Waals surface area contributed by atoms with Crippen molar-refractivity contribution in [3.63, 3.8) is 0 Å². The number of hydrogen-bond donors (Lipinski definition) is 4. The summed E-state index contributed by atoms with van der Waals surface area (Å²) in [6, 6.07) is 0. The number of carboxylic acids is 2. The molecule has 0 aliphatic carbocycles. The maximum atomic E-state index is 11.9. The van der Waals surface area contributed by atoms with Gasteiger partial charge in [0.2, 0.25) is 11.8 Å². The summed E-state index contributed by atoms with van der Waals surface area (Å²) in [5.41, 5.74) is 0.204. The summed E-state index contributed by atoms with van der Waals surface area (Å²) >= 11 is 0.927. The molecular formula is C15H15N3O8S. The zero-order chi connectivity index (χ0) is 19.7. The van der Waals surface area contributed by atoms with Crippen molar-refractivity contribution >= 4 is 46.0 Å². The van der Waals surface area contributed by atoms with Gasteiger partial charge < -0.3 is 20.3 Å². The molecule has 0 radical (unpaired) electrons. The number of nitrogens with zero attached hydrogens (tertiary/aromatic N) is 1. The molecule has 0 spiro atoms. The van der Waals surface area contributed by atoms with Crippen LogP contribution in [0.2, 0.25) is 0 Å². The number of rotatable bonds is 4. The third kappa shape index (κ3) is 3.82. The summed E-state index contributed by atoms with van der Waals surface area (Å²) in [6.45, 7) is 0.0919. The van der Waals surface area contributed by atoms with Gasteiger partial charge in [0.15, 0.2) is 0 Å². The van der Waals surface area contributed by atoms with E-state index >= 15 is 0 Å². The first-order valence-corrected chi connectivity index (χ1v) is 8.67. The van der Waals surface area contributed by atoms with Crippen molar-refractivity contribution in [3.05, 3.63) is 16.0 Å². The van der Waals surface area contributed by atoms with E-state index in [1.165, 1.54) is 0 Å². The summed E-state index contributed by atoms with van der Waals surface area (Å²) in [6.07, 6.45) is -0.486.